The van der Waals surface area contributed by atoms with Crippen molar-refractivity contribution in [2.75, 3.05) is 0 Å². The minimum Gasteiger partial charge on any atom is -0.0842 e. The molecule has 0 N–H and O–H groups in total. The number of rotatable bonds is 7. The van der Waals surface area contributed by atoms with Gasteiger partial charge >= 0.3 is 0 Å². The van der Waals surface area contributed by atoms with E-state index in [0.717, 1.165) is 18.8 Å². The molecule has 0 nitrogen and oxygen atoms in total. The molecule has 1 aromatic carbocycles. The van der Waals surface area contributed by atoms with Crippen LogP contribution in [0.4, 0.5) is 0 Å². The predicted octanol–water partition coefficient (Wildman–Crippen LogP) is 12.9. The molecule has 0 bridgehead atoms. The van der Waals surface area contributed by atoms with Crippen LogP contribution in [0.15, 0.2) is 41.5 Å². The zero-order chi connectivity index (χ0) is 27.9. The Morgan fingerprint density at radius 2 is 1.12 bits per heavy atom. The fraction of sp³-hybridized carbons (Fsp3) is 0.706. The lowest BCUT2D eigenvalue weighted by Crippen LogP contribution is -1.86. The third-order valence-electron chi connectivity index (χ3n) is 4.85. The molecule has 0 saturated heterocycles. The van der Waals surface area contributed by atoms with Gasteiger partial charge < -0.3 is 0 Å². The first-order valence-corrected chi connectivity index (χ1v) is 14.6. The van der Waals surface area contributed by atoms with Gasteiger partial charge in [-0.1, -0.05) is 139 Å². The van der Waals surface area contributed by atoms with Gasteiger partial charge in [0.25, 0.3) is 0 Å². The maximum Gasteiger partial charge on any atom is -0.0281 e. The van der Waals surface area contributed by atoms with E-state index >= 15 is 0 Å². The van der Waals surface area contributed by atoms with Gasteiger partial charge in [-0.05, 0) is 80.7 Å². The summed E-state index contributed by atoms with van der Waals surface area (Å²) in [6.07, 6.45) is 13.1. The van der Waals surface area contributed by atoms with Gasteiger partial charge in [-0.25, -0.2) is 0 Å². The van der Waals surface area contributed by atoms with Crippen molar-refractivity contribution in [1.29, 1.82) is 0 Å². The van der Waals surface area contributed by atoms with E-state index in [9.17, 15) is 0 Å². The molecule has 0 unspecified atom stereocenters. The Morgan fingerprint density at radius 3 is 1.32 bits per heavy atom. The van der Waals surface area contributed by atoms with Crippen molar-refractivity contribution >= 4 is 0 Å². The highest BCUT2D eigenvalue weighted by atomic mass is 14.0. The average Bonchev–Trinajstić information content (AvgIpc) is 2.84. The highest BCUT2D eigenvalue weighted by Crippen LogP contribution is 2.16. The van der Waals surface area contributed by atoms with Crippen LogP contribution < -0.4 is 0 Å². The number of allylic oxidation sites excluding steroid dienone is 4. The molecular weight excluding hydrogens is 408 g/mol. The molecule has 0 amide bonds. The summed E-state index contributed by atoms with van der Waals surface area (Å²) in [5.41, 5.74) is 7.26. The maximum absolute atomic E-state index is 2.29. The van der Waals surface area contributed by atoms with E-state index in [4.69, 9.17) is 0 Å². The van der Waals surface area contributed by atoms with Crippen LogP contribution in [0.25, 0.3) is 0 Å². The molecule has 0 aliphatic carbocycles. The highest BCUT2D eigenvalue weighted by molar-refractivity contribution is 5.30. The number of benzene rings is 1. The van der Waals surface area contributed by atoms with Crippen LogP contribution in [0.2, 0.25) is 0 Å². The zero-order valence-electron chi connectivity index (χ0n) is 26.9. The number of hydrogen-bond acceptors (Lipinski definition) is 0. The molecule has 0 saturated carbocycles. The molecule has 0 aliphatic rings. The zero-order valence-corrected chi connectivity index (χ0v) is 26.9. The normalized spacial score (nSPS) is 10.0. The van der Waals surface area contributed by atoms with Gasteiger partial charge in [0, 0.05) is 0 Å². The second kappa shape index (κ2) is 36.3. The van der Waals surface area contributed by atoms with Crippen LogP contribution in [0, 0.1) is 19.8 Å². The maximum atomic E-state index is 2.29. The summed E-state index contributed by atoms with van der Waals surface area (Å²) in [5.74, 6) is 0.898. The summed E-state index contributed by atoms with van der Waals surface area (Å²) >= 11 is 0. The fourth-order valence-electron chi connectivity index (χ4n) is 3.06. The molecule has 0 atom stereocenters. The van der Waals surface area contributed by atoms with Crippen molar-refractivity contribution in [3.63, 3.8) is 0 Å². The third-order valence-corrected chi connectivity index (χ3v) is 4.85. The summed E-state index contributed by atoms with van der Waals surface area (Å²) in [4.78, 5) is 0. The lowest BCUT2D eigenvalue weighted by Gasteiger charge is -2.05. The van der Waals surface area contributed by atoms with E-state index in [2.05, 4.69) is 113 Å². The predicted molar refractivity (Wildman–Crippen MR) is 166 cm³/mol. The van der Waals surface area contributed by atoms with Gasteiger partial charge in [-0.15, -0.1) is 0 Å². The lowest BCUT2D eigenvalue weighted by atomic mass is 10.0. The van der Waals surface area contributed by atoms with Crippen LogP contribution >= 0.6 is 0 Å². The molecule has 204 valence electrons. The van der Waals surface area contributed by atoms with Crippen LogP contribution in [0.5, 0.6) is 0 Å². The van der Waals surface area contributed by atoms with Gasteiger partial charge in [-0.3, -0.25) is 0 Å². The second-order valence-electron chi connectivity index (χ2n) is 8.39. The van der Waals surface area contributed by atoms with Crippen molar-refractivity contribution in [2.24, 2.45) is 5.92 Å². The average molecular weight is 477 g/mol. The Morgan fingerprint density at radius 1 is 0.706 bits per heavy atom. The molecule has 0 heterocycles. The minimum atomic E-state index is 0.898. The number of aryl methyl sites for hydroxylation is 3. The van der Waals surface area contributed by atoms with E-state index in [0.29, 0.717) is 0 Å². The molecule has 0 heteroatoms. The van der Waals surface area contributed by atoms with Crippen LogP contribution in [-0.4, -0.2) is 0 Å². The summed E-state index contributed by atoms with van der Waals surface area (Å²) < 4.78 is 0. The van der Waals surface area contributed by atoms with E-state index in [1.54, 1.807) is 0 Å². The Labute approximate surface area is 219 Å². The molecule has 0 aromatic heterocycles. The Bertz CT molecular complexity index is 525. The van der Waals surface area contributed by atoms with Crippen LogP contribution in [-0.2, 0) is 6.42 Å². The van der Waals surface area contributed by atoms with E-state index in [1.807, 2.05) is 27.7 Å². The first-order valence-electron chi connectivity index (χ1n) is 14.6. The molecule has 0 spiro atoms. The Balaban J connectivity index is -0.000000112. The molecule has 34 heavy (non-hydrogen) atoms. The van der Waals surface area contributed by atoms with Gasteiger partial charge in [-0.2, -0.15) is 0 Å². The summed E-state index contributed by atoms with van der Waals surface area (Å²) in [6.45, 7) is 34.2. The summed E-state index contributed by atoms with van der Waals surface area (Å²) in [6, 6.07) is 6.73. The van der Waals surface area contributed by atoms with E-state index in [-0.39, 0.29) is 0 Å². The second-order valence-corrected chi connectivity index (χ2v) is 8.39. The van der Waals surface area contributed by atoms with Gasteiger partial charge in [0.2, 0.25) is 0 Å². The Hall–Kier alpha value is -1.30. The molecule has 0 radical (unpaired) electrons. The summed E-state index contributed by atoms with van der Waals surface area (Å²) in [7, 11) is 0. The monoisotopic (exact) mass is 477 g/mol. The van der Waals surface area contributed by atoms with Crippen molar-refractivity contribution in [3.8, 4) is 0 Å². The fourth-order valence-corrected chi connectivity index (χ4v) is 3.06. The molecule has 0 fully saturated rings. The lowest BCUT2D eigenvalue weighted by molar-refractivity contribution is 0.576. The SMILES string of the molecule is CC.CC.CC=C(CC)/C(=C/C)CC.CCC.CCCC(C)C.CCCc1ccc(C)c(C)c1. The Kier molecular flexibility index (Phi) is 45.7. The van der Waals surface area contributed by atoms with Gasteiger partial charge in [0.1, 0.15) is 0 Å². The smallest absolute Gasteiger partial charge is 0.0281 e. The van der Waals surface area contributed by atoms with Gasteiger partial charge in [0.15, 0.2) is 0 Å². The molecule has 0 aliphatic heterocycles. The summed E-state index contributed by atoms with van der Waals surface area (Å²) in [5, 5.41) is 0. The van der Waals surface area contributed by atoms with Crippen molar-refractivity contribution in [3.05, 3.63) is 58.2 Å². The van der Waals surface area contributed by atoms with Crippen LogP contribution in [0.1, 0.15) is 152 Å². The first kappa shape index (κ1) is 42.8. The number of hydrogen-bond donors (Lipinski definition) is 0. The standard InChI is InChI=1S/C11H16.C10H18.C6H14.C3H8.2C2H6/c1-4-5-11-7-6-9(2)10(3)8-11;1-5-9(6-2)10(7-3)8-4;1-4-5-6(2)3;1-3-2;2*1-2/h6-8H,4-5H2,1-3H3;5,7H,6,8H2,1-4H3;6H,4-5H2,1-3H3;3H2,1-2H3;2*1-2H3/b;9-5+,10-7?;;;;. The minimum absolute atomic E-state index is 0.898. The van der Waals surface area contributed by atoms with E-state index < -0.39 is 0 Å². The third kappa shape index (κ3) is 30.7. The molecule has 1 rings (SSSR count). The molecular formula is C34H68. The quantitative estimate of drug-likeness (QED) is 0.343. The van der Waals surface area contributed by atoms with Crippen molar-refractivity contribution in [2.45, 2.75) is 156 Å². The van der Waals surface area contributed by atoms with Crippen molar-refractivity contribution < 1.29 is 0 Å². The van der Waals surface area contributed by atoms with E-state index in [1.165, 1.54) is 59.9 Å². The topological polar surface area (TPSA) is 0 Å². The molecule has 1 aromatic rings. The van der Waals surface area contributed by atoms with Crippen LogP contribution in [0.3, 0.4) is 0 Å². The van der Waals surface area contributed by atoms with Gasteiger partial charge in [0.05, 0.1) is 0 Å². The van der Waals surface area contributed by atoms with Crippen molar-refractivity contribution in [1.82, 2.24) is 0 Å². The highest BCUT2D eigenvalue weighted by Gasteiger charge is 1.96. The first-order chi connectivity index (χ1) is 16.2. The largest absolute Gasteiger partial charge is 0.0842 e.